The summed E-state index contributed by atoms with van der Waals surface area (Å²) in [5.74, 6) is 1.04. The maximum Gasteiger partial charge on any atom is 0.179 e. The molecular weight excluding hydrogens is 341 g/mol. The average molecular weight is 364 g/mol. The quantitative estimate of drug-likeness (QED) is 0.736. The largest absolute Gasteiger partial charge is 0.493 e. The molecule has 1 aliphatic rings. The van der Waals surface area contributed by atoms with E-state index in [1.807, 2.05) is 31.2 Å². The third-order valence-electron chi connectivity index (χ3n) is 4.68. The highest BCUT2D eigenvalue weighted by atomic mass is 35.5. The minimum Gasteiger partial charge on any atom is -0.493 e. The van der Waals surface area contributed by atoms with Crippen LogP contribution in [0.25, 0.3) is 0 Å². The Labute approximate surface area is 153 Å². The van der Waals surface area contributed by atoms with E-state index in [4.69, 9.17) is 21.1 Å². The van der Waals surface area contributed by atoms with Crippen LogP contribution in [0, 0.1) is 5.82 Å². The summed E-state index contributed by atoms with van der Waals surface area (Å²) in [6, 6.07) is 10.7. The van der Waals surface area contributed by atoms with Crippen molar-refractivity contribution in [3.8, 4) is 11.5 Å². The predicted molar refractivity (Wildman–Crippen MR) is 98.2 cm³/mol. The second-order valence-corrected chi connectivity index (χ2v) is 6.84. The number of hydrogen-bond donors (Lipinski definition) is 1. The molecule has 2 aromatic carbocycles. The van der Waals surface area contributed by atoms with E-state index in [1.54, 1.807) is 7.11 Å². The first kappa shape index (κ1) is 18.0. The van der Waals surface area contributed by atoms with E-state index in [-0.39, 0.29) is 11.2 Å². The van der Waals surface area contributed by atoms with E-state index in [0.717, 1.165) is 24.9 Å². The van der Waals surface area contributed by atoms with Gasteiger partial charge in [0.2, 0.25) is 0 Å². The van der Waals surface area contributed by atoms with Gasteiger partial charge in [0.1, 0.15) is 5.82 Å². The molecule has 2 aromatic rings. The summed E-state index contributed by atoms with van der Waals surface area (Å²) >= 11 is 6.32. The third-order valence-corrected chi connectivity index (χ3v) is 4.96. The van der Waals surface area contributed by atoms with Crippen molar-refractivity contribution in [1.82, 2.24) is 5.32 Å². The van der Waals surface area contributed by atoms with Crippen molar-refractivity contribution < 1.29 is 13.9 Å². The van der Waals surface area contributed by atoms with Crippen molar-refractivity contribution >= 4 is 11.6 Å². The summed E-state index contributed by atoms with van der Waals surface area (Å²) in [7, 11) is 1.61. The number of halogens is 2. The van der Waals surface area contributed by atoms with Gasteiger partial charge in [-0.25, -0.2) is 4.39 Å². The monoisotopic (exact) mass is 363 g/mol. The van der Waals surface area contributed by atoms with Crippen LogP contribution in [-0.4, -0.2) is 20.3 Å². The van der Waals surface area contributed by atoms with E-state index in [1.165, 1.54) is 17.7 Å². The van der Waals surface area contributed by atoms with Crippen molar-refractivity contribution in [2.45, 2.75) is 31.7 Å². The van der Waals surface area contributed by atoms with Gasteiger partial charge in [0, 0.05) is 18.5 Å². The summed E-state index contributed by atoms with van der Waals surface area (Å²) in [6.07, 6.45) is 2.25. The van der Waals surface area contributed by atoms with Crippen LogP contribution in [0.1, 0.15) is 30.9 Å². The predicted octanol–water partition coefficient (Wildman–Crippen LogP) is 4.71. The Hall–Kier alpha value is -1.78. The molecule has 3 rings (SSSR count). The van der Waals surface area contributed by atoms with E-state index in [2.05, 4.69) is 5.32 Å². The lowest BCUT2D eigenvalue weighted by molar-refractivity contribution is 0.311. The fourth-order valence-electron chi connectivity index (χ4n) is 3.13. The second-order valence-electron chi connectivity index (χ2n) is 6.43. The van der Waals surface area contributed by atoms with Gasteiger partial charge in [-0.15, -0.1) is 0 Å². The summed E-state index contributed by atoms with van der Waals surface area (Å²) in [6.45, 7) is 3.99. The molecule has 0 amide bonds. The second kappa shape index (κ2) is 7.63. The zero-order valence-electron chi connectivity index (χ0n) is 14.6. The van der Waals surface area contributed by atoms with Crippen LogP contribution in [0.4, 0.5) is 4.39 Å². The van der Waals surface area contributed by atoms with Crippen molar-refractivity contribution in [3.63, 3.8) is 0 Å². The maximum atomic E-state index is 13.1. The molecule has 1 N–H and O–H groups in total. The minimum atomic E-state index is -0.191. The first-order valence-corrected chi connectivity index (χ1v) is 8.92. The van der Waals surface area contributed by atoms with Crippen LogP contribution >= 0.6 is 11.6 Å². The average Bonchev–Trinajstić information content (AvgIpc) is 3.38. The number of hydrogen-bond acceptors (Lipinski definition) is 3. The zero-order valence-corrected chi connectivity index (χ0v) is 15.3. The standard InChI is InChI=1S/C20H23ClFNO2/c1-3-25-19-17(21)10-14(11-18(19)24-2)12-23-13-20(8-9-20)15-4-6-16(22)7-5-15/h4-7,10-11,23H,3,8-9,12-13H2,1-2H3. The normalized spacial score (nSPS) is 15.0. The molecule has 0 spiro atoms. The van der Waals surface area contributed by atoms with Crippen molar-refractivity contribution in [2.24, 2.45) is 0 Å². The fraction of sp³-hybridized carbons (Fsp3) is 0.400. The number of nitrogens with one attached hydrogen (secondary N) is 1. The number of ether oxygens (including phenoxy) is 2. The SMILES string of the molecule is CCOc1c(Cl)cc(CNCC2(c3ccc(F)cc3)CC2)cc1OC. The van der Waals surface area contributed by atoms with Gasteiger partial charge in [-0.2, -0.15) is 0 Å². The first-order valence-electron chi connectivity index (χ1n) is 8.54. The Balaban J connectivity index is 1.64. The Bertz CT molecular complexity index is 729. The molecule has 1 saturated carbocycles. The van der Waals surface area contributed by atoms with E-state index in [9.17, 15) is 4.39 Å². The van der Waals surface area contributed by atoms with E-state index in [0.29, 0.717) is 29.7 Å². The van der Waals surface area contributed by atoms with E-state index >= 15 is 0 Å². The molecule has 25 heavy (non-hydrogen) atoms. The van der Waals surface area contributed by atoms with Crippen LogP contribution in [0.15, 0.2) is 36.4 Å². The first-order chi connectivity index (χ1) is 12.1. The molecule has 0 aromatic heterocycles. The molecular formula is C20H23ClFNO2. The molecule has 0 heterocycles. The van der Waals surface area contributed by atoms with E-state index < -0.39 is 0 Å². The highest BCUT2D eigenvalue weighted by molar-refractivity contribution is 6.32. The molecule has 5 heteroatoms. The molecule has 134 valence electrons. The summed E-state index contributed by atoms with van der Waals surface area (Å²) in [5, 5.41) is 4.05. The highest BCUT2D eigenvalue weighted by Crippen LogP contribution is 2.47. The molecule has 3 nitrogen and oxygen atoms in total. The van der Waals surface area contributed by atoms with Crippen molar-refractivity contribution in [2.75, 3.05) is 20.3 Å². The highest BCUT2D eigenvalue weighted by Gasteiger charge is 2.43. The van der Waals surface area contributed by atoms with Crippen LogP contribution in [-0.2, 0) is 12.0 Å². The van der Waals surface area contributed by atoms with Crippen molar-refractivity contribution in [3.05, 3.63) is 58.4 Å². The molecule has 0 atom stereocenters. The van der Waals surface area contributed by atoms with Crippen molar-refractivity contribution in [1.29, 1.82) is 0 Å². The Morgan fingerprint density at radius 3 is 2.52 bits per heavy atom. The lowest BCUT2D eigenvalue weighted by Crippen LogP contribution is -2.26. The minimum absolute atomic E-state index is 0.132. The zero-order chi connectivity index (χ0) is 17.9. The fourth-order valence-corrected chi connectivity index (χ4v) is 3.42. The van der Waals surface area contributed by atoms with Gasteiger partial charge in [0.25, 0.3) is 0 Å². The topological polar surface area (TPSA) is 30.5 Å². The Morgan fingerprint density at radius 2 is 1.92 bits per heavy atom. The van der Waals surface area contributed by atoms with Gasteiger partial charge in [0.05, 0.1) is 18.7 Å². The molecule has 0 saturated heterocycles. The molecule has 0 radical (unpaired) electrons. The van der Waals surface area contributed by atoms with Crippen LogP contribution < -0.4 is 14.8 Å². The lowest BCUT2D eigenvalue weighted by Gasteiger charge is -2.18. The van der Waals surface area contributed by atoms with Gasteiger partial charge in [-0.1, -0.05) is 23.7 Å². The molecule has 1 fully saturated rings. The summed E-state index contributed by atoms with van der Waals surface area (Å²) in [4.78, 5) is 0. The summed E-state index contributed by atoms with van der Waals surface area (Å²) < 4.78 is 24.0. The Kier molecular flexibility index (Phi) is 5.50. The van der Waals surface area contributed by atoms with Gasteiger partial charge in [0.15, 0.2) is 11.5 Å². The molecule has 0 unspecified atom stereocenters. The number of benzene rings is 2. The molecule has 0 aliphatic heterocycles. The van der Waals surface area contributed by atoms with Gasteiger partial charge < -0.3 is 14.8 Å². The maximum absolute atomic E-state index is 13.1. The van der Waals surface area contributed by atoms with Crippen LogP contribution in [0.3, 0.4) is 0 Å². The van der Waals surface area contributed by atoms with Gasteiger partial charge in [-0.05, 0) is 55.2 Å². The van der Waals surface area contributed by atoms with Gasteiger partial charge in [-0.3, -0.25) is 0 Å². The third kappa shape index (κ3) is 4.07. The van der Waals surface area contributed by atoms with Crippen LogP contribution in [0.2, 0.25) is 5.02 Å². The molecule has 1 aliphatic carbocycles. The smallest absolute Gasteiger partial charge is 0.179 e. The molecule has 0 bridgehead atoms. The summed E-state index contributed by atoms with van der Waals surface area (Å²) in [5.41, 5.74) is 2.37. The number of methoxy groups -OCH3 is 1. The van der Waals surface area contributed by atoms with Gasteiger partial charge >= 0.3 is 0 Å². The lowest BCUT2D eigenvalue weighted by atomic mass is 9.96. The Morgan fingerprint density at radius 1 is 1.20 bits per heavy atom. The number of rotatable bonds is 8. The van der Waals surface area contributed by atoms with Crippen LogP contribution in [0.5, 0.6) is 11.5 Å².